The van der Waals surface area contributed by atoms with Gasteiger partial charge in [-0.3, -0.25) is 9.35 Å². The van der Waals surface area contributed by atoms with E-state index in [1.807, 2.05) is 6.92 Å². The van der Waals surface area contributed by atoms with Crippen LogP contribution in [-0.4, -0.2) is 36.3 Å². The van der Waals surface area contributed by atoms with Gasteiger partial charge in [-0.1, -0.05) is 78.1 Å². The first-order valence-corrected chi connectivity index (χ1v) is 12.1. The third-order valence-electron chi connectivity index (χ3n) is 4.75. The number of aliphatic carboxylic acids is 1. The molecule has 1 N–H and O–H groups in total. The van der Waals surface area contributed by atoms with Gasteiger partial charge in [-0.15, -0.1) is 0 Å². The molecule has 0 spiro atoms. The van der Waals surface area contributed by atoms with Crippen LogP contribution >= 0.6 is 0 Å². The van der Waals surface area contributed by atoms with Gasteiger partial charge in [0.2, 0.25) is 0 Å². The van der Waals surface area contributed by atoms with E-state index in [4.69, 9.17) is 9.29 Å². The first-order chi connectivity index (χ1) is 13.2. The summed E-state index contributed by atoms with van der Waals surface area (Å²) in [5, 5.41) is 8.51. The molecule has 0 fully saturated rings. The van der Waals surface area contributed by atoms with Crippen molar-refractivity contribution >= 4 is 22.1 Å². The predicted octanol–water partition coefficient (Wildman–Crippen LogP) is -2.59. The molecule has 0 saturated heterocycles. The summed E-state index contributed by atoms with van der Waals surface area (Å²) >= 11 is 0. The molecule has 0 aliphatic heterocycles. The van der Waals surface area contributed by atoms with Gasteiger partial charge in [0.05, 0.1) is 0 Å². The molecule has 0 aromatic rings. The number of esters is 1. The number of hydrogen-bond donors (Lipinski definition) is 1. The second-order valence-corrected chi connectivity index (χ2v) is 9.00. The zero-order valence-corrected chi connectivity index (χ0v) is 24.2. The van der Waals surface area contributed by atoms with Crippen molar-refractivity contribution in [2.75, 3.05) is 0 Å². The molecule has 2 atom stereocenters. The summed E-state index contributed by atoms with van der Waals surface area (Å²) in [7, 11) is -4.86. The Labute approximate surface area is 226 Å². The minimum Gasteiger partial charge on any atom is -0.550 e. The van der Waals surface area contributed by atoms with Gasteiger partial charge in [0, 0.05) is 12.4 Å². The average molecular weight is 468 g/mol. The van der Waals surface area contributed by atoms with Crippen molar-refractivity contribution in [3.05, 3.63) is 0 Å². The van der Waals surface area contributed by atoms with Crippen LogP contribution in [0.4, 0.5) is 0 Å². The Hall–Kier alpha value is 0.850. The zero-order chi connectivity index (χ0) is 21.4. The Bertz CT molecular complexity index is 541. The van der Waals surface area contributed by atoms with E-state index in [9.17, 15) is 23.1 Å². The maximum Gasteiger partial charge on any atom is 1.00 e. The van der Waals surface area contributed by atoms with Crippen LogP contribution in [-0.2, 0) is 24.4 Å². The molecule has 0 aliphatic rings. The zero-order valence-electron chi connectivity index (χ0n) is 19.4. The van der Waals surface area contributed by atoms with E-state index in [0.29, 0.717) is 12.8 Å². The minimum absolute atomic E-state index is 0. The topological polar surface area (TPSA) is 121 Å². The Balaban J connectivity index is -0.00000364. The normalized spacial score (nSPS) is 12.9. The number of ether oxygens (including phenoxy) is 1. The third kappa shape index (κ3) is 19.5. The molecule has 0 radical (unpaired) electrons. The van der Waals surface area contributed by atoms with Crippen molar-refractivity contribution in [1.29, 1.82) is 0 Å². The first kappa shape index (κ1) is 35.4. The van der Waals surface area contributed by atoms with Crippen LogP contribution in [0.1, 0.15) is 104 Å². The quantitative estimate of drug-likeness (QED) is 0.102. The summed E-state index contributed by atoms with van der Waals surface area (Å²) in [6.45, 7) is 4.12. The van der Waals surface area contributed by atoms with E-state index in [0.717, 1.165) is 25.7 Å². The average Bonchev–Trinajstić information content (AvgIpc) is 2.60. The molecule has 0 heterocycles. The molecule has 0 aliphatic carbocycles. The summed E-state index contributed by atoms with van der Waals surface area (Å²) in [4.78, 5) is 22.7. The second-order valence-electron chi connectivity index (χ2n) is 7.40. The predicted molar refractivity (Wildman–Crippen MR) is 106 cm³/mol. The summed E-state index contributed by atoms with van der Waals surface area (Å²) in [6.07, 6.45) is 12.1. The molecule has 10 heteroatoms. The fraction of sp³-hybridized carbons (Fsp3) is 0.900. The van der Waals surface area contributed by atoms with Crippen LogP contribution in [0.2, 0.25) is 0 Å². The molecule has 7 nitrogen and oxygen atoms in total. The van der Waals surface area contributed by atoms with Gasteiger partial charge in [0.15, 0.2) is 5.25 Å². The molecule has 166 valence electrons. The van der Waals surface area contributed by atoms with E-state index in [1.54, 1.807) is 0 Å². The van der Waals surface area contributed by atoms with E-state index in [1.165, 1.54) is 44.9 Å². The number of carbonyl (C=O) groups excluding carboxylic acids is 2. The molecule has 0 saturated carbocycles. The summed E-state index contributed by atoms with van der Waals surface area (Å²) < 4.78 is 36.8. The number of carbonyl (C=O) groups is 2. The molecule has 2 unspecified atom stereocenters. The maximum absolute atomic E-state index is 12.0. The van der Waals surface area contributed by atoms with Crippen LogP contribution in [0.15, 0.2) is 0 Å². The van der Waals surface area contributed by atoms with Crippen LogP contribution in [0.3, 0.4) is 0 Å². The first-order valence-electron chi connectivity index (χ1n) is 10.6. The molecule has 0 aromatic carbocycles. The van der Waals surface area contributed by atoms with Crippen molar-refractivity contribution in [3.8, 4) is 0 Å². The van der Waals surface area contributed by atoms with E-state index >= 15 is 0 Å². The Morgan fingerprint density at radius 2 is 1.30 bits per heavy atom. The molecular formula is C20H37Na2O7S+. The van der Waals surface area contributed by atoms with E-state index in [2.05, 4.69) is 6.92 Å². The van der Waals surface area contributed by atoms with Gasteiger partial charge in [-0.05, 0) is 19.3 Å². The number of carboxylic acids is 1. The molecule has 30 heavy (non-hydrogen) atoms. The minimum atomic E-state index is -4.86. The summed E-state index contributed by atoms with van der Waals surface area (Å²) in [6, 6.07) is 0. The Morgan fingerprint density at radius 1 is 0.833 bits per heavy atom. The van der Waals surface area contributed by atoms with Crippen molar-refractivity contribution in [3.63, 3.8) is 0 Å². The van der Waals surface area contributed by atoms with Gasteiger partial charge >= 0.3 is 65.1 Å². The van der Waals surface area contributed by atoms with Crippen molar-refractivity contribution in [2.45, 2.75) is 115 Å². The van der Waals surface area contributed by atoms with Crippen molar-refractivity contribution in [1.82, 2.24) is 0 Å². The number of carboxylic acid groups (broad SMARTS) is 1. The molecule has 0 bridgehead atoms. The van der Waals surface area contributed by atoms with E-state index in [-0.39, 0.29) is 59.1 Å². The summed E-state index contributed by atoms with van der Waals surface area (Å²) in [5.74, 6) is -2.96. The maximum atomic E-state index is 12.0. The van der Waals surface area contributed by atoms with Crippen LogP contribution < -0.4 is 64.2 Å². The van der Waals surface area contributed by atoms with Gasteiger partial charge in [-0.25, -0.2) is 0 Å². The molecule has 0 aromatic heterocycles. The van der Waals surface area contributed by atoms with Gasteiger partial charge < -0.3 is 14.6 Å². The third-order valence-corrected chi connectivity index (χ3v) is 5.83. The number of hydrogen-bond acceptors (Lipinski definition) is 6. The SMILES string of the molecule is CCCCCCCCCCCCC(CCC)OC(=O)C(CC(=O)[O-])S(=O)(=O)O.[Na+].[Na+]. The fourth-order valence-electron chi connectivity index (χ4n) is 3.15. The van der Waals surface area contributed by atoms with Gasteiger partial charge in [0.1, 0.15) is 6.10 Å². The number of unbranched alkanes of at least 4 members (excludes halogenated alkanes) is 9. The number of rotatable bonds is 18. The molecule has 0 amide bonds. The Kier molecular flexibility index (Phi) is 25.6. The largest absolute Gasteiger partial charge is 1.00 e. The Morgan fingerprint density at radius 3 is 1.70 bits per heavy atom. The second kappa shape index (κ2) is 21.7. The van der Waals surface area contributed by atoms with Gasteiger partial charge in [-0.2, -0.15) is 8.42 Å². The van der Waals surface area contributed by atoms with Crippen LogP contribution in [0, 0.1) is 0 Å². The van der Waals surface area contributed by atoms with E-state index < -0.39 is 39.8 Å². The molecule has 0 rings (SSSR count). The standard InChI is InChI=1S/C20H38O7S.2Na/c1-3-5-6-7-8-9-10-11-12-13-15-17(14-4-2)27-20(23)18(16-19(21)22)28(24,25)26;;/h17-18H,3-16H2,1-2H3,(H,21,22)(H,24,25,26);;/q;2*+1/p-1. The van der Waals surface area contributed by atoms with Crippen molar-refractivity contribution in [2.24, 2.45) is 0 Å². The monoisotopic (exact) mass is 467 g/mol. The smallest absolute Gasteiger partial charge is 0.550 e. The fourth-order valence-corrected chi connectivity index (χ4v) is 3.79. The van der Waals surface area contributed by atoms with Crippen molar-refractivity contribution < 1.29 is 91.5 Å². The molecular weight excluding hydrogens is 430 g/mol. The van der Waals surface area contributed by atoms with Crippen LogP contribution in [0.5, 0.6) is 0 Å². The van der Waals surface area contributed by atoms with Crippen LogP contribution in [0.25, 0.3) is 0 Å². The summed E-state index contributed by atoms with van der Waals surface area (Å²) in [5.41, 5.74) is 0. The van der Waals surface area contributed by atoms with Gasteiger partial charge in [0.25, 0.3) is 10.1 Å².